The van der Waals surface area contributed by atoms with Crippen LogP contribution in [0, 0.1) is 0 Å². The van der Waals surface area contributed by atoms with Crippen molar-refractivity contribution in [2.24, 2.45) is 5.73 Å². The summed E-state index contributed by atoms with van der Waals surface area (Å²) >= 11 is 1.65. The molecule has 2 heterocycles. The number of hydrogen-bond acceptors (Lipinski definition) is 4. The SMILES string of the molecule is NCCc1nc(-c2cccnc2)cs1. The summed E-state index contributed by atoms with van der Waals surface area (Å²) in [5.41, 5.74) is 7.52. The molecule has 2 N–H and O–H groups in total. The van der Waals surface area contributed by atoms with Gasteiger partial charge in [0.1, 0.15) is 0 Å². The zero-order chi connectivity index (χ0) is 9.80. The summed E-state index contributed by atoms with van der Waals surface area (Å²) in [6, 6.07) is 3.92. The van der Waals surface area contributed by atoms with E-state index in [4.69, 9.17) is 5.73 Å². The molecule has 0 amide bonds. The molecule has 0 atom stereocenters. The smallest absolute Gasteiger partial charge is 0.0945 e. The highest BCUT2D eigenvalue weighted by molar-refractivity contribution is 7.09. The summed E-state index contributed by atoms with van der Waals surface area (Å²) in [6.45, 7) is 0.653. The first-order valence-electron chi connectivity index (χ1n) is 4.45. The fourth-order valence-electron chi connectivity index (χ4n) is 1.20. The molecule has 0 bridgehead atoms. The summed E-state index contributed by atoms with van der Waals surface area (Å²) in [6.07, 6.45) is 4.43. The van der Waals surface area contributed by atoms with Crippen LogP contribution in [-0.4, -0.2) is 16.5 Å². The van der Waals surface area contributed by atoms with Crippen LogP contribution >= 0.6 is 11.3 Å². The number of pyridine rings is 1. The highest BCUT2D eigenvalue weighted by atomic mass is 32.1. The summed E-state index contributed by atoms with van der Waals surface area (Å²) in [7, 11) is 0. The van der Waals surface area contributed by atoms with E-state index in [1.165, 1.54) is 0 Å². The Hall–Kier alpha value is -1.26. The van der Waals surface area contributed by atoms with E-state index in [1.54, 1.807) is 17.5 Å². The molecule has 0 saturated heterocycles. The van der Waals surface area contributed by atoms with Crippen LogP contribution in [0.15, 0.2) is 29.9 Å². The molecule has 0 aromatic carbocycles. The van der Waals surface area contributed by atoms with E-state index in [0.29, 0.717) is 6.54 Å². The molecule has 2 rings (SSSR count). The zero-order valence-electron chi connectivity index (χ0n) is 7.68. The Morgan fingerprint density at radius 1 is 1.43 bits per heavy atom. The lowest BCUT2D eigenvalue weighted by Gasteiger charge is -1.93. The summed E-state index contributed by atoms with van der Waals surface area (Å²) < 4.78 is 0. The highest BCUT2D eigenvalue weighted by Gasteiger charge is 2.02. The first-order valence-corrected chi connectivity index (χ1v) is 5.33. The van der Waals surface area contributed by atoms with Gasteiger partial charge in [-0.3, -0.25) is 4.98 Å². The Morgan fingerprint density at radius 2 is 2.36 bits per heavy atom. The third kappa shape index (κ3) is 1.97. The molecule has 14 heavy (non-hydrogen) atoms. The Morgan fingerprint density at radius 3 is 3.07 bits per heavy atom. The van der Waals surface area contributed by atoms with E-state index >= 15 is 0 Å². The second kappa shape index (κ2) is 4.30. The molecule has 0 aliphatic carbocycles. The lowest BCUT2D eigenvalue weighted by Crippen LogP contribution is -2.01. The second-order valence-corrected chi connectivity index (χ2v) is 3.85. The molecule has 0 saturated carbocycles. The minimum absolute atomic E-state index is 0.653. The van der Waals surface area contributed by atoms with Crippen molar-refractivity contribution >= 4 is 11.3 Å². The van der Waals surface area contributed by atoms with Gasteiger partial charge in [0.2, 0.25) is 0 Å². The van der Waals surface area contributed by atoms with Crippen LogP contribution in [0.25, 0.3) is 11.3 Å². The number of nitrogens with zero attached hydrogens (tertiary/aromatic N) is 2. The maximum Gasteiger partial charge on any atom is 0.0945 e. The van der Waals surface area contributed by atoms with Crippen LogP contribution in [-0.2, 0) is 6.42 Å². The molecule has 2 aromatic rings. The number of nitrogens with two attached hydrogens (primary N) is 1. The van der Waals surface area contributed by atoms with Crippen molar-refractivity contribution in [3.8, 4) is 11.3 Å². The maximum atomic E-state index is 5.46. The quantitative estimate of drug-likeness (QED) is 0.829. The van der Waals surface area contributed by atoms with E-state index in [1.807, 2.05) is 23.7 Å². The molecule has 0 fully saturated rings. The number of aromatic nitrogens is 2. The number of thiazole rings is 1. The van der Waals surface area contributed by atoms with Gasteiger partial charge < -0.3 is 5.73 Å². The molecule has 3 nitrogen and oxygen atoms in total. The number of rotatable bonds is 3. The summed E-state index contributed by atoms with van der Waals surface area (Å²) in [5, 5.41) is 3.13. The van der Waals surface area contributed by atoms with Gasteiger partial charge >= 0.3 is 0 Å². The van der Waals surface area contributed by atoms with E-state index in [0.717, 1.165) is 22.7 Å². The molecule has 0 unspecified atom stereocenters. The number of hydrogen-bond donors (Lipinski definition) is 1. The molecular weight excluding hydrogens is 194 g/mol. The van der Waals surface area contributed by atoms with Crippen LogP contribution in [0.1, 0.15) is 5.01 Å². The lowest BCUT2D eigenvalue weighted by molar-refractivity contribution is 0.954. The largest absolute Gasteiger partial charge is 0.330 e. The van der Waals surface area contributed by atoms with E-state index in [9.17, 15) is 0 Å². The lowest BCUT2D eigenvalue weighted by atomic mass is 10.2. The Balaban J connectivity index is 2.25. The molecular formula is C10H11N3S. The van der Waals surface area contributed by atoms with E-state index in [2.05, 4.69) is 9.97 Å². The minimum Gasteiger partial charge on any atom is -0.330 e. The van der Waals surface area contributed by atoms with Gasteiger partial charge in [0.05, 0.1) is 10.7 Å². The summed E-state index contributed by atoms with van der Waals surface area (Å²) in [5.74, 6) is 0. The molecule has 0 aliphatic heterocycles. The van der Waals surface area contributed by atoms with Gasteiger partial charge in [0.15, 0.2) is 0 Å². The molecule has 0 aliphatic rings. The Kier molecular flexibility index (Phi) is 2.86. The van der Waals surface area contributed by atoms with Gasteiger partial charge in [-0.25, -0.2) is 4.98 Å². The summed E-state index contributed by atoms with van der Waals surface area (Å²) in [4.78, 5) is 8.52. The fourth-order valence-corrected chi connectivity index (χ4v) is 2.02. The van der Waals surface area contributed by atoms with Crippen molar-refractivity contribution in [2.45, 2.75) is 6.42 Å². The predicted octanol–water partition coefficient (Wildman–Crippen LogP) is 1.71. The average molecular weight is 205 g/mol. The van der Waals surface area contributed by atoms with Crippen molar-refractivity contribution < 1.29 is 0 Å². The van der Waals surface area contributed by atoms with Crippen LogP contribution in [0.3, 0.4) is 0 Å². The van der Waals surface area contributed by atoms with Crippen LogP contribution in [0.2, 0.25) is 0 Å². The predicted molar refractivity (Wildman–Crippen MR) is 58.1 cm³/mol. The van der Waals surface area contributed by atoms with Crippen molar-refractivity contribution in [3.05, 3.63) is 34.9 Å². The second-order valence-electron chi connectivity index (χ2n) is 2.91. The standard InChI is InChI=1S/C10H11N3S/c11-4-3-10-13-9(7-14-10)8-2-1-5-12-6-8/h1-2,5-7H,3-4,11H2. The normalized spacial score (nSPS) is 10.4. The Labute approximate surface area is 86.6 Å². The van der Waals surface area contributed by atoms with Gasteiger partial charge in [-0.1, -0.05) is 0 Å². The van der Waals surface area contributed by atoms with Crippen LogP contribution < -0.4 is 5.73 Å². The van der Waals surface area contributed by atoms with Crippen LogP contribution in [0.4, 0.5) is 0 Å². The minimum atomic E-state index is 0.653. The molecule has 0 spiro atoms. The van der Waals surface area contributed by atoms with Crippen molar-refractivity contribution in [2.75, 3.05) is 6.54 Å². The molecule has 0 radical (unpaired) electrons. The Bertz CT molecular complexity index is 397. The maximum absolute atomic E-state index is 5.46. The van der Waals surface area contributed by atoms with Crippen molar-refractivity contribution in [1.82, 2.24) is 9.97 Å². The molecule has 4 heteroatoms. The fraction of sp³-hybridized carbons (Fsp3) is 0.200. The van der Waals surface area contributed by atoms with Gasteiger partial charge in [-0.05, 0) is 18.7 Å². The zero-order valence-corrected chi connectivity index (χ0v) is 8.50. The third-order valence-corrected chi connectivity index (χ3v) is 2.78. The average Bonchev–Trinajstić information content (AvgIpc) is 2.68. The first kappa shape index (κ1) is 9.30. The van der Waals surface area contributed by atoms with E-state index in [-0.39, 0.29) is 0 Å². The van der Waals surface area contributed by atoms with E-state index < -0.39 is 0 Å². The van der Waals surface area contributed by atoms with Gasteiger partial charge in [-0.2, -0.15) is 0 Å². The molecule has 72 valence electrons. The van der Waals surface area contributed by atoms with Crippen molar-refractivity contribution in [1.29, 1.82) is 0 Å². The van der Waals surface area contributed by atoms with Gasteiger partial charge in [0.25, 0.3) is 0 Å². The van der Waals surface area contributed by atoms with Gasteiger partial charge in [-0.15, -0.1) is 11.3 Å². The van der Waals surface area contributed by atoms with Gasteiger partial charge in [0, 0.05) is 29.8 Å². The monoisotopic (exact) mass is 205 g/mol. The highest BCUT2D eigenvalue weighted by Crippen LogP contribution is 2.20. The van der Waals surface area contributed by atoms with Crippen LogP contribution in [0.5, 0.6) is 0 Å². The topological polar surface area (TPSA) is 51.8 Å². The van der Waals surface area contributed by atoms with Crippen molar-refractivity contribution in [3.63, 3.8) is 0 Å². The first-order chi connectivity index (χ1) is 6.90. The molecule has 2 aromatic heterocycles. The third-order valence-electron chi connectivity index (χ3n) is 1.87.